The van der Waals surface area contributed by atoms with E-state index in [4.69, 9.17) is 9.47 Å². The van der Waals surface area contributed by atoms with Crippen LogP contribution in [0.2, 0.25) is 0 Å². The maximum absolute atomic E-state index is 13.1. The van der Waals surface area contributed by atoms with E-state index >= 15 is 0 Å². The zero-order valence-corrected chi connectivity index (χ0v) is 18.6. The average Bonchev–Trinajstić information content (AvgIpc) is 2.66. The topological polar surface area (TPSA) is 76.7 Å². The molecule has 0 saturated heterocycles. The molecule has 2 aromatic carbocycles. The number of benzene rings is 2. The summed E-state index contributed by atoms with van der Waals surface area (Å²) in [5.41, 5.74) is 2.97. The van der Waals surface area contributed by atoms with Crippen molar-refractivity contribution in [3.05, 3.63) is 65.2 Å². The molecule has 2 atom stereocenters. The fraction of sp³-hybridized carbons (Fsp3) is 0.417. The first-order valence-corrected chi connectivity index (χ1v) is 10.1. The van der Waals surface area contributed by atoms with Gasteiger partial charge < -0.3 is 20.1 Å². The van der Waals surface area contributed by atoms with Crippen molar-refractivity contribution in [1.29, 1.82) is 0 Å². The molecule has 2 N–H and O–H groups in total. The Balaban J connectivity index is 2.15. The minimum absolute atomic E-state index is 0.325. The number of nitrogens with one attached hydrogen (secondary N) is 2. The van der Waals surface area contributed by atoms with Gasteiger partial charge in [0.2, 0.25) is 5.91 Å². The van der Waals surface area contributed by atoms with Crippen molar-refractivity contribution in [1.82, 2.24) is 5.32 Å². The lowest BCUT2D eigenvalue weighted by Crippen LogP contribution is -2.52. The molecule has 2 amide bonds. The van der Waals surface area contributed by atoms with Crippen molar-refractivity contribution < 1.29 is 19.1 Å². The fourth-order valence-electron chi connectivity index (χ4n) is 2.81. The zero-order valence-electron chi connectivity index (χ0n) is 18.6. The van der Waals surface area contributed by atoms with Crippen LogP contribution in [0.5, 0.6) is 0 Å². The van der Waals surface area contributed by atoms with Gasteiger partial charge in [0.05, 0.1) is 12.7 Å². The van der Waals surface area contributed by atoms with E-state index in [2.05, 4.69) is 10.6 Å². The second-order valence-corrected chi connectivity index (χ2v) is 8.43. The molecule has 162 valence electrons. The lowest BCUT2D eigenvalue weighted by molar-refractivity contribution is -0.122. The van der Waals surface area contributed by atoms with Crippen LogP contribution in [-0.2, 0) is 20.9 Å². The molecule has 30 heavy (non-hydrogen) atoms. The number of carbonyl (C=O) groups is 2. The average molecular weight is 413 g/mol. The van der Waals surface area contributed by atoms with Crippen molar-refractivity contribution in [2.75, 3.05) is 5.32 Å². The summed E-state index contributed by atoms with van der Waals surface area (Å²) in [5, 5.41) is 5.57. The highest BCUT2D eigenvalue weighted by Gasteiger charge is 2.30. The molecule has 0 aromatic heterocycles. The quantitative estimate of drug-likeness (QED) is 0.689. The van der Waals surface area contributed by atoms with Gasteiger partial charge in [-0.3, -0.25) is 4.79 Å². The first-order chi connectivity index (χ1) is 14.0. The normalized spacial score (nSPS) is 13.3. The van der Waals surface area contributed by atoms with Crippen molar-refractivity contribution in [2.24, 2.45) is 0 Å². The molecule has 6 heteroatoms. The number of anilines is 1. The Morgan fingerprint density at radius 3 is 2.33 bits per heavy atom. The fourth-order valence-corrected chi connectivity index (χ4v) is 2.81. The number of amides is 2. The molecule has 2 aromatic rings. The van der Waals surface area contributed by atoms with E-state index < -0.39 is 23.8 Å². The second kappa shape index (κ2) is 10.3. The molecule has 0 aliphatic heterocycles. The third kappa shape index (κ3) is 7.52. The van der Waals surface area contributed by atoms with Gasteiger partial charge in [0.25, 0.3) is 0 Å². The highest BCUT2D eigenvalue weighted by atomic mass is 16.6. The van der Waals surface area contributed by atoms with E-state index in [1.807, 2.05) is 62.4 Å². The van der Waals surface area contributed by atoms with Crippen molar-refractivity contribution in [2.45, 2.75) is 65.9 Å². The summed E-state index contributed by atoms with van der Waals surface area (Å²) >= 11 is 0. The summed E-state index contributed by atoms with van der Waals surface area (Å²) in [6.07, 6.45) is -1.25. The molecule has 2 rings (SSSR count). The third-order valence-corrected chi connectivity index (χ3v) is 4.43. The molecule has 0 bridgehead atoms. The van der Waals surface area contributed by atoms with Gasteiger partial charge in [0.1, 0.15) is 11.6 Å². The van der Waals surface area contributed by atoms with E-state index in [0.29, 0.717) is 12.3 Å². The maximum atomic E-state index is 13.1. The molecule has 0 spiro atoms. The van der Waals surface area contributed by atoms with Gasteiger partial charge >= 0.3 is 6.09 Å². The number of hydrogen-bond donors (Lipinski definition) is 2. The van der Waals surface area contributed by atoms with Gasteiger partial charge in [-0.1, -0.05) is 42.5 Å². The number of alkyl carbamates (subject to hydrolysis) is 1. The Labute approximate surface area is 179 Å². The lowest BCUT2D eigenvalue weighted by Gasteiger charge is -2.27. The van der Waals surface area contributed by atoms with Crippen LogP contribution in [-0.4, -0.2) is 29.7 Å². The molecule has 0 radical (unpaired) electrons. The van der Waals surface area contributed by atoms with Gasteiger partial charge in [-0.15, -0.1) is 0 Å². The molecule has 6 nitrogen and oxygen atoms in total. The molecular formula is C24H32N2O4. The van der Waals surface area contributed by atoms with E-state index in [-0.39, 0.29) is 5.91 Å². The molecule has 0 aliphatic rings. The summed E-state index contributed by atoms with van der Waals surface area (Å²) in [4.78, 5) is 25.4. The number of hydrogen-bond acceptors (Lipinski definition) is 4. The van der Waals surface area contributed by atoms with Crippen LogP contribution < -0.4 is 10.6 Å². The van der Waals surface area contributed by atoms with E-state index in [9.17, 15) is 9.59 Å². The van der Waals surface area contributed by atoms with E-state index in [1.54, 1.807) is 27.7 Å². The standard InChI is InChI=1S/C24H32N2O4/c1-16-12-13-17(2)20(14-16)25-22(27)21(26-23(28)30-24(4,5)6)18(3)29-15-19-10-8-7-9-11-19/h7-14,18,21H,15H2,1-6H3,(H,25,27)(H,26,28)/t18-,21+/m1/s1. The Hall–Kier alpha value is -2.86. The summed E-state index contributed by atoms with van der Waals surface area (Å²) in [6, 6.07) is 14.6. The number of rotatable bonds is 7. The Morgan fingerprint density at radius 2 is 1.70 bits per heavy atom. The molecule has 0 unspecified atom stereocenters. The van der Waals surface area contributed by atoms with Crippen LogP contribution in [0.1, 0.15) is 44.4 Å². The highest BCUT2D eigenvalue weighted by molar-refractivity contribution is 5.97. The predicted molar refractivity (Wildman–Crippen MR) is 118 cm³/mol. The van der Waals surface area contributed by atoms with Gasteiger partial charge in [-0.05, 0) is 64.3 Å². The van der Waals surface area contributed by atoms with Crippen LogP contribution >= 0.6 is 0 Å². The number of aryl methyl sites for hydroxylation is 2. The van der Waals surface area contributed by atoms with Crippen LogP contribution in [0.3, 0.4) is 0 Å². The van der Waals surface area contributed by atoms with Crippen LogP contribution in [0, 0.1) is 13.8 Å². The van der Waals surface area contributed by atoms with E-state index in [0.717, 1.165) is 16.7 Å². The Morgan fingerprint density at radius 1 is 1.03 bits per heavy atom. The van der Waals surface area contributed by atoms with Crippen LogP contribution in [0.15, 0.2) is 48.5 Å². The third-order valence-electron chi connectivity index (χ3n) is 4.43. The summed E-state index contributed by atoms with van der Waals surface area (Å²) in [7, 11) is 0. The summed E-state index contributed by atoms with van der Waals surface area (Å²) in [5.74, 6) is -0.366. The zero-order chi connectivity index (χ0) is 22.3. The largest absolute Gasteiger partial charge is 0.444 e. The van der Waals surface area contributed by atoms with Crippen molar-refractivity contribution in [3.63, 3.8) is 0 Å². The Kier molecular flexibility index (Phi) is 8.00. The van der Waals surface area contributed by atoms with Crippen LogP contribution in [0.25, 0.3) is 0 Å². The molecule has 0 fully saturated rings. The molecule has 0 aliphatic carbocycles. The van der Waals surface area contributed by atoms with Gasteiger partial charge in [-0.2, -0.15) is 0 Å². The lowest BCUT2D eigenvalue weighted by atomic mass is 10.1. The maximum Gasteiger partial charge on any atom is 0.408 e. The van der Waals surface area contributed by atoms with Gasteiger partial charge in [0.15, 0.2) is 0 Å². The van der Waals surface area contributed by atoms with Crippen LogP contribution in [0.4, 0.5) is 10.5 Å². The Bertz CT molecular complexity index is 859. The number of ether oxygens (including phenoxy) is 2. The minimum Gasteiger partial charge on any atom is -0.444 e. The van der Waals surface area contributed by atoms with Gasteiger partial charge in [-0.25, -0.2) is 4.79 Å². The molecule has 0 saturated carbocycles. The van der Waals surface area contributed by atoms with Crippen molar-refractivity contribution >= 4 is 17.7 Å². The smallest absolute Gasteiger partial charge is 0.408 e. The first kappa shape index (κ1) is 23.4. The predicted octanol–water partition coefficient (Wildman–Crippen LogP) is 4.74. The second-order valence-electron chi connectivity index (χ2n) is 8.43. The van der Waals surface area contributed by atoms with E-state index in [1.165, 1.54) is 0 Å². The highest BCUT2D eigenvalue weighted by Crippen LogP contribution is 2.18. The number of carbonyl (C=O) groups excluding carboxylic acids is 2. The summed E-state index contributed by atoms with van der Waals surface area (Å²) in [6.45, 7) is 11.3. The summed E-state index contributed by atoms with van der Waals surface area (Å²) < 4.78 is 11.2. The first-order valence-electron chi connectivity index (χ1n) is 10.1. The SMILES string of the molecule is Cc1ccc(C)c(NC(=O)[C@@H](NC(=O)OC(C)(C)C)[C@@H](C)OCc2ccccc2)c1. The molecule has 0 heterocycles. The van der Waals surface area contributed by atoms with Gasteiger partial charge in [0, 0.05) is 5.69 Å². The van der Waals surface area contributed by atoms with Crippen molar-refractivity contribution in [3.8, 4) is 0 Å². The molecular weight excluding hydrogens is 380 g/mol. The minimum atomic E-state index is -0.927. The monoisotopic (exact) mass is 412 g/mol.